The second-order valence-electron chi connectivity index (χ2n) is 4.43. The van der Waals surface area contributed by atoms with Crippen molar-refractivity contribution in [2.45, 2.75) is 6.54 Å². The summed E-state index contributed by atoms with van der Waals surface area (Å²) in [6, 6.07) is 12.0. The number of ether oxygens (including phenoxy) is 1. The zero-order valence-electron chi connectivity index (χ0n) is 11.0. The summed E-state index contributed by atoms with van der Waals surface area (Å²) in [7, 11) is 1.66. The van der Waals surface area contributed by atoms with Crippen LogP contribution < -0.4 is 10.1 Å². The predicted molar refractivity (Wildman–Crippen MR) is 83.2 cm³/mol. The van der Waals surface area contributed by atoms with E-state index in [-0.39, 0.29) is 0 Å². The number of anilines is 1. The van der Waals surface area contributed by atoms with Crippen LogP contribution in [-0.2, 0) is 6.54 Å². The van der Waals surface area contributed by atoms with Crippen LogP contribution in [0.2, 0.25) is 0 Å². The lowest BCUT2D eigenvalue weighted by Gasteiger charge is -2.08. The molecule has 1 N–H and O–H groups in total. The van der Waals surface area contributed by atoms with Crippen LogP contribution >= 0.6 is 15.9 Å². The van der Waals surface area contributed by atoms with Gasteiger partial charge in [0.2, 0.25) is 0 Å². The molecule has 0 aliphatic heterocycles. The number of benzene rings is 1. The van der Waals surface area contributed by atoms with Crippen LogP contribution in [0.4, 0.5) is 5.69 Å². The van der Waals surface area contributed by atoms with Crippen molar-refractivity contribution in [2.24, 2.45) is 0 Å². The maximum atomic E-state index is 5.26. The van der Waals surface area contributed by atoms with E-state index < -0.39 is 0 Å². The van der Waals surface area contributed by atoms with Gasteiger partial charge in [-0.3, -0.25) is 0 Å². The summed E-state index contributed by atoms with van der Waals surface area (Å²) in [5.41, 5.74) is 3.28. The van der Waals surface area contributed by atoms with Crippen LogP contribution in [0.5, 0.6) is 5.75 Å². The largest absolute Gasteiger partial charge is 0.497 e. The highest BCUT2D eigenvalue weighted by molar-refractivity contribution is 9.10. The fourth-order valence-corrected chi connectivity index (χ4v) is 2.58. The minimum Gasteiger partial charge on any atom is -0.497 e. The average molecular weight is 332 g/mol. The lowest BCUT2D eigenvalue weighted by atomic mass is 10.2. The van der Waals surface area contributed by atoms with E-state index in [1.807, 2.05) is 47.2 Å². The maximum Gasteiger partial charge on any atom is 0.122 e. The molecule has 0 atom stereocenters. The zero-order valence-corrected chi connectivity index (χ0v) is 12.6. The molecule has 0 spiro atoms. The van der Waals surface area contributed by atoms with Gasteiger partial charge in [0.15, 0.2) is 0 Å². The Bertz CT molecular complexity index is 739. The number of aromatic nitrogens is 2. The standard InChI is InChI=1S/C15H14BrN3O/c1-20-14-7-12(16)6-13(8-14)17-9-11-10-18-19-5-3-2-4-15(11)19/h2-8,10,17H,9H2,1H3. The average Bonchev–Trinajstić information content (AvgIpc) is 2.88. The third-order valence-electron chi connectivity index (χ3n) is 3.10. The molecule has 0 aliphatic rings. The van der Waals surface area contributed by atoms with E-state index in [0.29, 0.717) is 6.54 Å². The SMILES string of the molecule is COc1cc(Br)cc(NCc2cnn3ccccc23)c1. The molecule has 4 nitrogen and oxygen atoms in total. The second-order valence-corrected chi connectivity index (χ2v) is 5.35. The molecule has 0 amide bonds. The van der Waals surface area contributed by atoms with Gasteiger partial charge < -0.3 is 10.1 Å². The van der Waals surface area contributed by atoms with Gasteiger partial charge >= 0.3 is 0 Å². The molecule has 102 valence electrons. The molecule has 3 rings (SSSR count). The molecule has 3 aromatic rings. The number of nitrogens with zero attached hydrogens (tertiary/aromatic N) is 2. The number of rotatable bonds is 4. The lowest BCUT2D eigenvalue weighted by Crippen LogP contribution is -1.99. The van der Waals surface area contributed by atoms with Crippen LogP contribution in [0.3, 0.4) is 0 Å². The summed E-state index contributed by atoms with van der Waals surface area (Å²) in [4.78, 5) is 0. The topological polar surface area (TPSA) is 38.6 Å². The van der Waals surface area contributed by atoms with E-state index in [0.717, 1.165) is 27.0 Å². The molecule has 2 heterocycles. The Morgan fingerprint density at radius 2 is 2.20 bits per heavy atom. The summed E-state index contributed by atoms with van der Waals surface area (Å²) in [5, 5.41) is 7.72. The van der Waals surface area contributed by atoms with Gasteiger partial charge in [-0.2, -0.15) is 5.10 Å². The summed E-state index contributed by atoms with van der Waals surface area (Å²) < 4.78 is 8.12. The molecule has 5 heteroatoms. The first-order valence-electron chi connectivity index (χ1n) is 6.26. The highest BCUT2D eigenvalue weighted by Crippen LogP contribution is 2.25. The van der Waals surface area contributed by atoms with Crippen LogP contribution in [0.25, 0.3) is 5.52 Å². The van der Waals surface area contributed by atoms with E-state index in [2.05, 4.69) is 32.4 Å². The van der Waals surface area contributed by atoms with Crippen molar-refractivity contribution in [1.29, 1.82) is 0 Å². The van der Waals surface area contributed by atoms with Gasteiger partial charge in [0.1, 0.15) is 5.75 Å². The van der Waals surface area contributed by atoms with E-state index in [1.54, 1.807) is 7.11 Å². The first kappa shape index (κ1) is 13.0. The Balaban J connectivity index is 1.81. The highest BCUT2D eigenvalue weighted by Gasteiger charge is 2.04. The number of fused-ring (bicyclic) bond motifs is 1. The highest BCUT2D eigenvalue weighted by atomic mass is 79.9. The van der Waals surface area contributed by atoms with Crippen molar-refractivity contribution in [2.75, 3.05) is 12.4 Å². The molecule has 2 aromatic heterocycles. The van der Waals surface area contributed by atoms with Gasteiger partial charge in [0.25, 0.3) is 0 Å². The normalized spacial score (nSPS) is 10.7. The minimum absolute atomic E-state index is 0.715. The fourth-order valence-electron chi connectivity index (χ4n) is 2.10. The van der Waals surface area contributed by atoms with Crippen LogP contribution in [0.1, 0.15) is 5.56 Å². The Labute approximate surface area is 125 Å². The Kier molecular flexibility index (Phi) is 3.60. The number of halogens is 1. The Morgan fingerprint density at radius 3 is 3.05 bits per heavy atom. The van der Waals surface area contributed by atoms with Gasteiger partial charge in [-0.25, -0.2) is 4.52 Å². The lowest BCUT2D eigenvalue weighted by molar-refractivity contribution is 0.414. The van der Waals surface area contributed by atoms with E-state index in [9.17, 15) is 0 Å². The first-order chi connectivity index (χ1) is 9.76. The summed E-state index contributed by atoms with van der Waals surface area (Å²) in [5.74, 6) is 0.821. The summed E-state index contributed by atoms with van der Waals surface area (Å²) >= 11 is 3.48. The molecule has 0 aliphatic carbocycles. The summed E-state index contributed by atoms with van der Waals surface area (Å²) in [6.07, 6.45) is 3.83. The quantitative estimate of drug-likeness (QED) is 0.791. The van der Waals surface area contributed by atoms with Gasteiger partial charge in [-0.05, 0) is 24.3 Å². The van der Waals surface area contributed by atoms with Gasteiger partial charge in [-0.1, -0.05) is 22.0 Å². The molecule has 0 saturated heterocycles. The number of methoxy groups -OCH3 is 1. The van der Waals surface area contributed by atoms with Crippen LogP contribution in [-0.4, -0.2) is 16.7 Å². The van der Waals surface area contributed by atoms with Crippen molar-refractivity contribution >= 4 is 27.1 Å². The Hall–Kier alpha value is -2.01. The maximum absolute atomic E-state index is 5.26. The van der Waals surface area contributed by atoms with Crippen molar-refractivity contribution in [3.05, 3.63) is 58.8 Å². The molecular weight excluding hydrogens is 318 g/mol. The molecule has 0 radical (unpaired) electrons. The molecule has 20 heavy (non-hydrogen) atoms. The van der Waals surface area contributed by atoms with Crippen LogP contribution in [0, 0.1) is 0 Å². The van der Waals surface area contributed by atoms with E-state index >= 15 is 0 Å². The molecule has 0 saturated carbocycles. The minimum atomic E-state index is 0.715. The van der Waals surface area contributed by atoms with Crippen molar-refractivity contribution in [3.8, 4) is 5.75 Å². The number of nitrogens with one attached hydrogen (secondary N) is 1. The number of hydrogen-bond acceptors (Lipinski definition) is 3. The van der Waals surface area contributed by atoms with Gasteiger partial charge in [0, 0.05) is 34.5 Å². The first-order valence-corrected chi connectivity index (χ1v) is 7.05. The predicted octanol–water partition coefficient (Wildman–Crippen LogP) is 3.72. The third-order valence-corrected chi connectivity index (χ3v) is 3.55. The molecular formula is C15H14BrN3O. The molecule has 1 aromatic carbocycles. The third kappa shape index (κ3) is 2.63. The smallest absolute Gasteiger partial charge is 0.122 e. The monoisotopic (exact) mass is 331 g/mol. The van der Waals surface area contributed by atoms with E-state index in [4.69, 9.17) is 4.74 Å². The number of pyridine rings is 1. The molecule has 0 bridgehead atoms. The van der Waals surface area contributed by atoms with Gasteiger partial charge in [0.05, 0.1) is 18.8 Å². The molecule has 0 unspecified atom stereocenters. The van der Waals surface area contributed by atoms with E-state index in [1.165, 1.54) is 0 Å². The fraction of sp³-hybridized carbons (Fsp3) is 0.133. The van der Waals surface area contributed by atoms with Crippen molar-refractivity contribution in [1.82, 2.24) is 9.61 Å². The second kappa shape index (κ2) is 5.54. The van der Waals surface area contributed by atoms with Crippen molar-refractivity contribution in [3.63, 3.8) is 0 Å². The van der Waals surface area contributed by atoms with Crippen molar-refractivity contribution < 1.29 is 4.74 Å². The van der Waals surface area contributed by atoms with Crippen LogP contribution in [0.15, 0.2) is 53.3 Å². The van der Waals surface area contributed by atoms with Gasteiger partial charge in [-0.15, -0.1) is 0 Å². The zero-order chi connectivity index (χ0) is 13.9. The number of hydrogen-bond donors (Lipinski definition) is 1. The summed E-state index contributed by atoms with van der Waals surface area (Å²) in [6.45, 7) is 0.715. The Morgan fingerprint density at radius 1 is 1.30 bits per heavy atom. The molecule has 0 fully saturated rings.